The molecule has 1 aliphatic heterocycles. The van der Waals surface area contributed by atoms with Crippen LogP contribution in [0.5, 0.6) is 0 Å². The van der Waals surface area contributed by atoms with E-state index in [4.69, 9.17) is 0 Å². The van der Waals surface area contributed by atoms with Crippen molar-refractivity contribution in [1.82, 2.24) is 4.90 Å². The fraction of sp³-hybridized carbons (Fsp3) is 0.571. The summed E-state index contributed by atoms with van der Waals surface area (Å²) in [6.45, 7) is 6.14. The molecule has 0 bridgehead atoms. The Labute approximate surface area is 102 Å². The molecule has 0 unspecified atom stereocenters. The molecule has 1 heterocycles. The molecule has 17 heavy (non-hydrogen) atoms. The number of halogens is 1. The quantitative estimate of drug-likeness (QED) is 0.873. The van der Waals surface area contributed by atoms with Crippen LogP contribution in [0.2, 0.25) is 0 Å². The minimum atomic E-state index is -0.979. The fourth-order valence-electron chi connectivity index (χ4n) is 2.24. The highest BCUT2D eigenvalue weighted by molar-refractivity contribution is 5.27. The van der Waals surface area contributed by atoms with Crippen molar-refractivity contribution in [3.05, 3.63) is 35.1 Å². The molecule has 1 saturated heterocycles. The lowest BCUT2D eigenvalue weighted by molar-refractivity contribution is 0.0782. The van der Waals surface area contributed by atoms with Crippen LogP contribution in [0.1, 0.15) is 37.8 Å². The monoisotopic (exact) mass is 237 g/mol. The molecule has 0 aromatic heterocycles. The summed E-state index contributed by atoms with van der Waals surface area (Å²) in [5.74, 6) is -0.212. The highest BCUT2D eigenvalue weighted by Gasteiger charge is 2.19. The summed E-state index contributed by atoms with van der Waals surface area (Å²) >= 11 is 0. The van der Waals surface area contributed by atoms with Crippen molar-refractivity contribution in [1.29, 1.82) is 0 Å². The molecule has 0 amide bonds. The first kappa shape index (κ1) is 12.5. The third kappa shape index (κ3) is 3.05. The van der Waals surface area contributed by atoms with Crippen molar-refractivity contribution >= 4 is 0 Å². The molecule has 3 heteroatoms. The highest BCUT2D eigenvalue weighted by atomic mass is 19.1. The minimum absolute atomic E-state index is 0.212. The van der Waals surface area contributed by atoms with Gasteiger partial charge in [0.2, 0.25) is 0 Å². The van der Waals surface area contributed by atoms with E-state index in [1.165, 1.54) is 18.9 Å². The molecule has 1 fully saturated rings. The van der Waals surface area contributed by atoms with E-state index in [-0.39, 0.29) is 5.82 Å². The van der Waals surface area contributed by atoms with E-state index in [0.29, 0.717) is 12.1 Å². The third-order valence-corrected chi connectivity index (χ3v) is 3.35. The summed E-state index contributed by atoms with van der Waals surface area (Å²) in [7, 11) is 0. The van der Waals surface area contributed by atoms with Crippen LogP contribution in [0.15, 0.2) is 18.2 Å². The molecule has 0 spiro atoms. The van der Waals surface area contributed by atoms with Gasteiger partial charge in [-0.3, -0.25) is 4.90 Å². The zero-order valence-corrected chi connectivity index (χ0v) is 10.5. The lowest BCUT2D eigenvalue weighted by Crippen LogP contribution is -2.20. The summed E-state index contributed by atoms with van der Waals surface area (Å²) < 4.78 is 13.9. The number of benzene rings is 1. The van der Waals surface area contributed by atoms with Crippen LogP contribution in [-0.4, -0.2) is 23.1 Å². The van der Waals surface area contributed by atoms with E-state index in [1.54, 1.807) is 19.9 Å². The summed E-state index contributed by atoms with van der Waals surface area (Å²) in [5, 5.41) is 9.81. The topological polar surface area (TPSA) is 23.5 Å². The van der Waals surface area contributed by atoms with Gasteiger partial charge in [-0.25, -0.2) is 4.39 Å². The number of aliphatic hydroxyl groups is 1. The molecule has 0 saturated carbocycles. The molecule has 2 rings (SSSR count). The Balaban J connectivity index is 2.14. The lowest BCUT2D eigenvalue weighted by atomic mass is 9.97. The van der Waals surface area contributed by atoms with E-state index >= 15 is 0 Å². The zero-order valence-electron chi connectivity index (χ0n) is 10.5. The van der Waals surface area contributed by atoms with Crippen molar-refractivity contribution in [2.24, 2.45) is 0 Å². The molecule has 1 aliphatic rings. The Kier molecular flexibility index (Phi) is 3.50. The van der Waals surface area contributed by atoms with Crippen molar-refractivity contribution in [3.8, 4) is 0 Å². The number of likely N-dealkylation sites (tertiary alicyclic amines) is 1. The van der Waals surface area contributed by atoms with Crippen LogP contribution in [-0.2, 0) is 12.1 Å². The lowest BCUT2D eigenvalue weighted by Gasteiger charge is -2.20. The normalized spacial score (nSPS) is 17.6. The predicted molar refractivity (Wildman–Crippen MR) is 66.2 cm³/mol. The zero-order chi connectivity index (χ0) is 12.5. The average Bonchev–Trinajstić information content (AvgIpc) is 2.72. The van der Waals surface area contributed by atoms with Crippen LogP contribution in [0.4, 0.5) is 4.39 Å². The first-order valence-corrected chi connectivity index (χ1v) is 6.20. The maximum Gasteiger partial charge on any atom is 0.128 e. The first-order valence-electron chi connectivity index (χ1n) is 6.20. The molecule has 94 valence electrons. The van der Waals surface area contributed by atoms with E-state index in [0.717, 1.165) is 18.7 Å². The highest BCUT2D eigenvalue weighted by Crippen LogP contribution is 2.23. The Hall–Kier alpha value is -0.930. The van der Waals surface area contributed by atoms with Crippen LogP contribution >= 0.6 is 0 Å². The Morgan fingerprint density at radius 1 is 1.29 bits per heavy atom. The van der Waals surface area contributed by atoms with Crippen molar-refractivity contribution in [2.75, 3.05) is 13.1 Å². The average molecular weight is 237 g/mol. The molecular weight excluding hydrogens is 217 g/mol. The van der Waals surface area contributed by atoms with Crippen LogP contribution in [0.3, 0.4) is 0 Å². The molecule has 1 aromatic carbocycles. The first-order chi connectivity index (χ1) is 7.97. The number of rotatable bonds is 3. The van der Waals surface area contributed by atoms with E-state index in [2.05, 4.69) is 4.90 Å². The van der Waals surface area contributed by atoms with Gasteiger partial charge in [0.15, 0.2) is 0 Å². The maximum absolute atomic E-state index is 13.9. The smallest absolute Gasteiger partial charge is 0.128 e. The van der Waals surface area contributed by atoms with Gasteiger partial charge >= 0.3 is 0 Å². The second-order valence-electron chi connectivity index (χ2n) is 5.35. The summed E-state index contributed by atoms with van der Waals surface area (Å²) in [6.07, 6.45) is 2.42. The Morgan fingerprint density at radius 2 is 1.94 bits per heavy atom. The van der Waals surface area contributed by atoms with Crippen molar-refractivity contribution in [2.45, 2.75) is 38.8 Å². The number of hydrogen-bond acceptors (Lipinski definition) is 2. The predicted octanol–water partition coefficient (Wildman–Crippen LogP) is 2.65. The van der Waals surface area contributed by atoms with Gasteiger partial charge in [-0.15, -0.1) is 0 Å². The van der Waals surface area contributed by atoms with Crippen LogP contribution < -0.4 is 0 Å². The van der Waals surface area contributed by atoms with Gasteiger partial charge in [0.05, 0.1) is 5.60 Å². The standard InChI is InChI=1S/C14H20FNO/c1-14(2,17)12-6-5-11(13(15)9-12)10-16-7-3-4-8-16/h5-6,9,17H,3-4,7-8,10H2,1-2H3. The van der Waals surface area contributed by atoms with Gasteiger partial charge < -0.3 is 5.11 Å². The van der Waals surface area contributed by atoms with E-state index in [1.807, 2.05) is 6.07 Å². The molecule has 0 aliphatic carbocycles. The van der Waals surface area contributed by atoms with Gasteiger partial charge in [0, 0.05) is 12.1 Å². The van der Waals surface area contributed by atoms with Gasteiger partial charge in [-0.1, -0.05) is 12.1 Å². The van der Waals surface area contributed by atoms with Gasteiger partial charge in [0.1, 0.15) is 5.82 Å². The van der Waals surface area contributed by atoms with Crippen molar-refractivity contribution in [3.63, 3.8) is 0 Å². The summed E-state index contributed by atoms with van der Waals surface area (Å²) in [6, 6.07) is 5.06. The molecule has 1 aromatic rings. The maximum atomic E-state index is 13.9. The van der Waals surface area contributed by atoms with Gasteiger partial charge in [0.25, 0.3) is 0 Å². The van der Waals surface area contributed by atoms with Crippen molar-refractivity contribution < 1.29 is 9.50 Å². The minimum Gasteiger partial charge on any atom is -0.386 e. The van der Waals surface area contributed by atoms with E-state index in [9.17, 15) is 9.50 Å². The third-order valence-electron chi connectivity index (χ3n) is 3.35. The summed E-state index contributed by atoms with van der Waals surface area (Å²) in [5.41, 5.74) is 0.368. The van der Waals surface area contributed by atoms with E-state index < -0.39 is 5.60 Å². The second-order valence-corrected chi connectivity index (χ2v) is 5.35. The largest absolute Gasteiger partial charge is 0.386 e. The Bertz CT molecular complexity index is 392. The second kappa shape index (κ2) is 4.75. The Morgan fingerprint density at radius 3 is 2.47 bits per heavy atom. The van der Waals surface area contributed by atoms with Crippen LogP contribution in [0, 0.1) is 5.82 Å². The fourth-order valence-corrected chi connectivity index (χ4v) is 2.24. The van der Waals surface area contributed by atoms with Gasteiger partial charge in [-0.05, 0) is 51.4 Å². The summed E-state index contributed by atoms with van der Waals surface area (Å²) in [4.78, 5) is 2.27. The molecule has 0 atom stereocenters. The molecular formula is C14H20FNO. The van der Waals surface area contributed by atoms with Crippen LogP contribution in [0.25, 0.3) is 0 Å². The van der Waals surface area contributed by atoms with Gasteiger partial charge in [-0.2, -0.15) is 0 Å². The number of nitrogens with zero attached hydrogens (tertiary/aromatic N) is 1. The number of hydrogen-bond donors (Lipinski definition) is 1. The molecule has 1 N–H and O–H groups in total. The SMILES string of the molecule is CC(C)(O)c1ccc(CN2CCCC2)c(F)c1. The molecule has 2 nitrogen and oxygen atoms in total. The molecule has 0 radical (unpaired) electrons.